The highest BCUT2D eigenvalue weighted by Crippen LogP contribution is 2.24. The molecule has 1 saturated heterocycles. The highest BCUT2D eigenvalue weighted by atomic mass is 16.5. The third kappa shape index (κ3) is 4.14. The molecule has 1 fully saturated rings. The molecular weight excluding hydrogens is 278 g/mol. The molecule has 0 spiro atoms. The van der Waals surface area contributed by atoms with Gasteiger partial charge < -0.3 is 15.4 Å². The molecule has 1 aliphatic heterocycles. The predicted molar refractivity (Wildman–Crippen MR) is 86.0 cm³/mol. The first kappa shape index (κ1) is 14.7. The maximum absolute atomic E-state index is 5.41. The Bertz CT molecular complexity index is 572. The highest BCUT2D eigenvalue weighted by Gasteiger charge is 2.19. The predicted octanol–water partition coefficient (Wildman–Crippen LogP) is 2.29. The summed E-state index contributed by atoms with van der Waals surface area (Å²) >= 11 is 0. The lowest BCUT2D eigenvalue weighted by Gasteiger charge is -2.10. The van der Waals surface area contributed by atoms with Crippen LogP contribution in [0.3, 0.4) is 0 Å². The fraction of sp³-hybridized carbons (Fsp3) is 0.438. The molecule has 6 heteroatoms. The summed E-state index contributed by atoms with van der Waals surface area (Å²) in [6.07, 6.45) is 7.28. The number of aromatic nitrogens is 3. The molecule has 6 nitrogen and oxygen atoms in total. The molecule has 0 bridgehead atoms. The molecular formula is C16H21N5O. The van der Waals surface area contributed by atoms with Crippen molar-refractivity contribution in [1.29, 1.82) is 0 Å². The van der Waals surface area contributed by atoms with E-state index < -0.39 is 0 Å². The Hall–Kier alpha value is -2.21. The second-order valence-electron chi connectivity index (χ2n) is 5.34. The first-order chi connectivity index (χ1) is 10.9. The second kappa shape index (κ2) is 7.70. The molecule has 0 aromatic carbocycles. The SMILES string of the molecule is c1cncc(NCCCNc2cc([C@H]3CCOC3)ncn2)c1. The van der Waals surface area contributed by atoms with Crippen LogP contribution in [0.2, 0.25) is 0 Å². The van der Waals surface area contributed by atoms with Gasteiger partial charge in [0.15, 0.2) is 0 Å². The zero-order chi connectivity index (χ0) is 15.0. The van der Waals surface area contributed by atoms with Crippen LogP contribution in [0.1, 0.15) is 24.5 Å². The molecule has 0 radical (unpaired) electrons. The largest absolute Gasteiger partial charge is 0.384 e. The van der Waals surface area contributed by atoms with Crippen LogP contribution in [-0.2, 0) is 4.74 Å². The van der Waals surface area contributed by atoms with Crippen molar-refractivity contribution in [1.82, 2.24) is 15.0 Å². The summed E-state index contributed by atoms with van der Waals surface area (Å²) in [5.74, 6) is 1.30. The molecule has 3 rings (SSSR count). The molecule has 22 heavy (non-hydrogen) atoms. The Kier molecular flexibility index (Phi) is 5.15. The van der Waals surface area contributed by atoms with Gasteiger partial charge in [0.25, 0.3) is 0 Å². The lowest BCUT2D eigenvalue weighted by atomic mass is 10.1. The molecule has 2 aromatic rings. The fourth-order valence-corrected chi connectivity index (χ4v) is 2.46. The van der Waals surface area contributed by atoms with Crippen molar-refractivity contribution >= 4 is 11.5 Å². The van der Waals surface area contributed by atoms with E-state index in [0.29, 0.717) is 5.92 Å². The first-order valence-corrected chi connectivity index (χ1v) is 7.69. The van der Waals surface area contributed by atoms with Gasteiger partial charge >= 0.3 is 0 Å². The van der Waals surface area contributed by atoms with E-state index in [4.69, 9.17) is 4.74 Å². The molecule has 1 aliphatic rings. The van der Waals surface area contributed by atoms with Crippen LogP contribution in [0.15, 0.2) is 36.9 Å². The van der Waals surface area contributed by atoms with Gasteiger partial charge in [-0.25, -0.2) is 9.97 Å². The van der Waals surface area contributed by atoms with Gasteiger partial charge in [-0.05, 0) is 25.0 Å². The summed E-state index contributed by atoms with van der Waals surface area (Å²) in [5, 5.41) is 6.68. The maximum atomic E-state index is 5.41. The van der Waals surface area contributed by atoms with Crippen LogP contribution in [0.4, 0.5) is 11.5 Å². The Morgan fingerprint density at radius 2 is 2.18 bits per heavy atom. The number of nitrogens with zero attached hydrogens (tertiary/aromatic N) is 3. The van der Waals surface area contributed by atoms with Crippen molar-refractivity contribution in [3.8, 4) is 0 Å². The van der Waals surface area contributed by atoms with Crippen LogP contribution in [0.25, 0.3) is 0 Å². The number of ether oxygens (including phenoxy) is 1. The lowest BCUT2D eigenvalue weighted by Crippen LogP contribution is -2.11. The normalized spacial score (nSPS) is 17.4. The zero-order valence-electron chi connectivity index (χ0n) is 12.5. The van der Waals surface area contributed by atoms with E-state index >= 15 is 0 Å². The van der Waals surface area contributed by atoms with Gasteiger partial charge in [-0.1, -0.05) is 0 Å². The molecule has 0 aliphatic carbocycles. The number of anilines is 2. The Morgan fingerprint density at radius 3 is 3.00 bits per heavy atom. The van der Waals surface area contributed by atoms with E-state index in [2.05, 4.69) is 25.6 Å². The molecule has 3 heterocycles. The average Bonchev–Trinajstić information content (AvgIpc) is 3.10. The third-order valence-electron chi connectivity index (χ3n) is 3.69. The molecule has 0 unspecified atom stereocenters. The third-order valence-corrected chi connectivity index (χ3v) is 3.69. The lowest BCUT2D eigenvalue weighted by molar-refractivity contribution is 0.193. The van der Waals surface area contributed by atoms with Crippen molar-refractivity contribution in [2.24, 2.45) is 0 Å². The summed E-state index contributed by atoms with van der Waals surface area (Å²) in [6.45, 7) is 3.36. The van der Waals surface area contributed by atoms with Gasteiger partial charge in [-0.2, -0.15) is 0 Å². The molecule has 116 valence electrons. The van der Waals surface area contributed by atoms with Gasteiger partial charge in [0.05, 0.1) is 18.0 Å². The monoisotopic (exact) mass is 299 g/mol. The topological polar surface area (TPSA) is 72.0 Å². The number of hydrogen-bond donors (Lipinski definition) is 2. The van der Waals surface area contributed by atoms with Crippen LogP contribution in [0, 0.1) is 0 Å². The van der Waals surface area contributed by atoms with E-state index in [9.17, 15) is 0 Å². The maximum Gasteiger partial charge on any atom is 0.129 e. The fourth-order valence-electron chi connectivity index (χ4n) is 2.46. The summed E-state index contributed by atoms with van der Waals surface area (Å²) in [7, 11) is 0. The summed E-state index contributed by atoms with van der Waals surface area (Å²) in [5.41, 5.74) is 2.12. The van der Waals surface area contributed by atoms with E-state index in [1.54, 1.807) is 12.5 Å². The highest BCUT2D eigenvalue weighted by molar-refractivity contribution is 5.39. The van der Waals surface area contributed by atoms with Crippen molar-refractivity contribution in [3.63, 3.8) is 0 Å². The number of pyridine rings is 1. The Labute approximate surface area is 130 Å². The Morgan fingerprint density at radius 1 is 1.23 bits per heavy atom. The van der Waals surface area contributed by atoms with E-state index in [1.165, 1.54) is 0 Å². The van der Waals surface area contributed by atoms with Gasteiger partial charge in [0, 0.05) is 44.1 Å². The van der Waals surface area contributed by atoms with Gasteiger partial charge in [-0.3, -0.25) is 4.98 Å². The van der Waals surface area contributed by atoms with E-state index in [1.807, 2.05) is 24.4 Å². The summed E-state index contributed by atoms with van der Waals surface area (Å²) < 4.78 is 5.41. The van der Waals surface area contributed by atoms with Crippen molar-refractivity contribution < 1.29 is 4.74 Å². The minimum absolute atomic E-state index is 0.413. The van der Waals surface area contributed by atoms with Crippen LogP contribution >= 0.6 is 0 Å². The number of rotatable bonds is 7. The molecule has 0 saturated carbocycles. The Balaban J connectivity index is 1.41. The van der Waals surface area contributed by atoms with Crippen LogP contribution < -0.4 is 10.6 Å². The molecule has 2 N–H and O–H groups in total. The quantitative estimate of drug-likeness (QED) is 0.764. The van der Waals surface area contributed by atoms with E-state index in [0.717, 1.165) is 56.3 Å². The van der Waals surface area contributed by atoms with Crippen LogP contribution in [-0.4, -0.2) is 41.3 Å². The van der Waals surface area contributed by atoms with Crippen molar-refractivity contribution in [2.75, 3.05) is 36.9 Å². The number of nitrogens with one attached hydrogen (secondary N) is 2. The minimum atomic E-state index is 0.413. The number of hydrogen-bond acceptors (Lipinski definition) is 6. The van der Waals surface area contributed by atoms with Crippen molar-refractivity contribution in [3.05, 3.63) is 42.6 Å². The van der Waals surface area contributed by atoms with Gasteiger partial charge in [0.2, 0.25) is 0 Å². The summed E-state index contributed by atoms with van der Waals surface area (Å²) in [6, 6.07) is 5.98. The smallest absolute Gasteiger partial charge is 0.129 e. The standard InChI is InChI=1S/C16H21N5O/c1-3-14(10-17-5-1)18-6-2-7-19-16-9-15(20-12-21-16)13-4-8-22-11-13/h1,3,5,9-10,12-13,18H,2,4,6-8,11H2,(H,19,20,21)/t13-/m0/s1. The second-order valence-corrected chi connectivity index (χ2v) is 5.34. The average molecular weight is 299 g/mol. The van der Waals surface area contributed by atoms with Gasteiger partial charge in [0.1, 0.15) is 12.1 Å². The zero-order valence-corrected chi connectivity index (χ0v) is 12.5. The molecule has 2 aromatic heterocycles. The van der Waals surface area contributed by atoms with Gasteiger partial charge in [-0.15, -0.1) is 0 Å². The summed E-state index contributed by atoms with van der Waals surface area (Å²) in [4.78, 5) is 12.7. The first-order valence-electron chi connectivity index (χ1n) is 7.69. The minimum Gasteiger partial charge on any atom is -0.384 e. The van der Waals surface area contributed by atoms with Crippen LogP contribution in [0.5, 0.6) is 0 Å². The molecule has 1 atom stereocenters. The van der Waals surface area contributed by atoms with E-state index in [-0.39, 0.29) is 0 Å². The molecule has 0 amide bonds. The van der Waals surface area contributed by atoms with Crippen molar-refractivity contribution in [2.45, 2.75) is 18.8 Å².